The number of ether oxygens (including phenoxy) is 3. The monoisotopic (exact) mass is 956 g/mol. The highest BCUT2D eigenvalue weighted by Crippen LogP contribution is 2.26. The Kier molecular flexibility index (Phi) is 41.6. The zero-order valence-electron chi connectivity index (χ0n) is 42.7. The predicted molar refractivity (Wildman–Crippen MR) is 278 cm³/mol. The summed E-state index contributed by atoms with van der Waals surface area (Å²) in [5.41, 5.74) is 0. The van der Waals surface area contributed by atoms with Gasteiger partial charge in [0.2, 0.25) is 5.91 Å². The molecule has 8 atom stereocenters. The molecule has 1 aliphatic heterocycles. The molecule has 11 heteroatoms. The SMILES string of the molecule is CC/C=C/C=C/C=C/C=C\CCCCCCCC(=O)OC1C(OCC(NC(=O)C(O)C/C=C/C/C=C\CCCCCCCC)C(O)/C=C/CCCCCCCCCCCC)OC(CO)C(O)C1O. The number of aliphatic hydroxyl groups is 5. The number of hydrogen-bond donors (Lipinski definition) is 6. The Bertz CT molecular complexity index is 1420. The summed E-state index contributed by atoms with van der Waals surface area (Å²) in [6, 6.07) is -1.06. The average Bonchev–Trinajstić information content (AvgIpc) is 3.33. The lowest BCUT2D eigenvalue weighted by Gasteiger charge is -2.41. The van der Waals surface area contributed by atoms with Gasteiger partial charge < -0.3 is 45.1 Å². The third-order valence-electron chi connectivity index (χ3n) is 12.1. The summed E-state index contributed by atoms with van der Waals surface area (Å²) >= 11 is 0. The van der Waals surface area contributed by atoms with Crippen LogP contribution in [-0.4, -0.2) is 99.6 Å². The normalized spacial score (nSPS) is 20.6. The van der Waals surface area contributed by atoms with Gasteiger partial charge in [0.15, 0.2) is 12.4 Å². The third-order valence-corrected chi connectivity index (χ3v) is 12.1. The lowest BCUT2D eigenvalue weighted by Crippen LogP contribution is -2.61. The van der Waals surface area contributed by atoms with E-state index in [1.165, 1.54) is 83.5 Å². The lowest BCUT2D eigenvalue weighted by atomic mass is 9.99. The molecule has 1 heterocycles. The maximum atomic E-state index is 13.3. The van der Waals surface area contributed by atoms with Crippen LogP contribution in [0.4, 0.5) is 0 Å². The van der Waals surface area contributed by atoms with Crippen molar-refractivity contribution in [1.29, 1.82) is 0 Å². The van der Waals surface area contributed by atoms with E-state index in [2.05, 4.69) is 50.4 Å². The van der Waals surface area contributed by atoms with Crippen molar-refractivity contribution in [3.05, 3.63) is 85.1 Å². The first-order chi connectivity index (χ1) is 33.2. The summed E-state index contributed by atoms with van der Waals surface area (Å²) in [6.45, 7) is 5.55. The molecule has 0 aromatic heterocycles. The maximum Gasteiger partial charge on any atom is 0.306 e. The fraction of sp³-hybridized carbons (Fsp3) is 0.719. The average molecular weight is 956 g/mol. The second-order valence-electron chi connectivity index (χ2n) is 18.3. The number of unbranched alkanes of at least 4 members (excludes halogenated alkanes) is 21. The molecular formula is C57H97NO10. The molecule has 0 radical (unpaired) electrons. The highest BCUT2D eigenvalue weighted by molar-refractivity contribution is 5.81. The van der Waals surface area contributed by atoms with Gasteiger partial charge >= 0.3 is 5.97 Å². The van der Waals surface area contributed by atoms with Gasteiger partial charge in [0.25, 0.3) is 0 Å². The van der Waals surface area contributed by atoms with Crippen LogP contribution in [0.1, 0.15) is 201 Å². The Morgan fingerprint density at radius 3 is 1.71 bits per heavy atom. The Labute approximate surface area is 413 Å². The predicted octanol–water partition coefficient (Wildman–Crippen LogP) is 11.4. The van der Waals surface area contributed by atoms with E-state index in [9.17, 15) is 35.1 Å². The number of allylic oxidation sites excluding steroid dienone is 12. The zero-order valence-corrected chi connectivity index (χ0v) is 42.7. The van der Waals surface area contributed by atoms with Crippen LogP contribution in [0.25, 0.3) is 0 Å². The summed E-state index contributed by atoms with van der Waals surface area (Å²) in [5, 5.41) is 56.5. The summed E-state index contributed by atoms with van der Waals surface area (Å²) in [7, 11) is 0. The molecule has 1 amide bonds. The summed E-state index contributed by atoms with van der Waals surface area (Å²) in [6.07, 6.45) is 46.5. The smallest absolute Gasteiger partial charge is 0.306 e. The van der Waals surface area contributed by atoms with Gasteiger partial charge in [-0.3, -0.25) is 9.59 Å². The first-order valence-electron chi connectivity index (χ1n) is 26.9. The Balaban J connectivity index is 2.82. The first-order valence-corrected chi connectivity index (χ1v) is 26.9. The van der Waals surface area contributed by atoms with Crippen molar-refractivity contribution in [3.8, 4) is 0 Å². The van der Waals surface area contributed by atoms with E-state index >= 15 is 0 Å². The molecule has 0 aromatic carbocycles. The van der Waals surface area contributed by atoms with Gasteiger partial charge in [-0.05, 0) is 57.8 Å². The van der Waals surface area contributed by atoms with Gasteiger partial charge in [-0.15, -0.1) is 0 Å². The van der Waals surface area contributed by atoms with E-state index in [4.69, 9.17) is 14.2 Å². The van der Waals surface area contributed by atoms with Crippen molar-refractivity contribution in [1.82, 2.24) is 5.32 Å². The second-order valence-corrected chi connectivity index (χ2v) is 18.3. The molecule has 0 spiro atoms. The molecule has 1 rings (SSSR count). The molecule has 0 saturated carbocycles. The first kappa shape index (κ1) is 62.9. The number of aliphatic hydroxyl groups excluding tert-OH is 5. The van der Waals surface area contributed by atoms with Crippen molar-refractivity contribution in [2.45, 2.75) is 250 Å². The highest BCUT2D eigenvalue weighted by atomic mass is 16.7. The number of esters is 1. The lowest BCUT2D eigenvalue weighted by molar-refractivity contribution is -0.305. The molecule has 8 unspecified atom stereocenters. The van der Waals surface area contributed by atoms with Gasteiger partial charge in [-0.25, -0.2) is 0 Å². The fourth-order valence-electron chi connectivity index (χ4n) is 7.82. The van der Waals surface area contributed by atoms with Crippen molar-refractivity contribution in [2.24, 2.45) is 0 Å². The fourth-order valence-corrected chi connectivity index (χ4v) is 7.82. The van der Waals surface area contributed by atoms with Gasteiger partial charge in [0.05, 0.1) is 25.4 Å². The Morgan fingerprint density at radius 1 is 0.603 bits per heavy atom. The second kappa shape index (κ2) is 45.0. The van der Waals surface area contributed by atoms with Gasteiger partial charge in [-0.1, -0.05) is 215 Å². The summed E-state index contributed by atoms with van der Waals surface area (Å²) in [4.78, 5) is 26.3. The van der Waals surface area contributed by atoms with Crippen molar-refractivity contribution >= 4 is 11.9 Å². The van der Waals surface area contributed by atoms with E-state index in [1.54, 1.807) is 12.2 Å². The number of nitrogens with one attached hydrogen (secondary N) is 1. The minimum absolute atomic E-state index is 0.0759. The standard InChI is InChI=1S/C57H97NO10/c1-4-7-10-13-16-19-22-25-26-27-30-33-36-39-42-45-52(62)68-55-54(64)53(63)51(46-59)67-57(55)66-47-48(49(60)43-40-37-34-31-28-23-20-17-14-11-8-5-2)58-56(65)50(61)44-41-38-35-32-29-24-21-18-15-12-9-6-3/h7,10,13,16,19,22,25-26,29,32,38,40-41,43,48-51,53-55,57,59-61,63-64H,4-6,8-9,11-12,14-15,17-18,20-21,23-24,27-28,30-31,33-37,39,42,44-47H2,1-3H3,(H,58,65)/b10-7+,16-13+,22-19+,26-25-,32-29-,41-38+,43-40+. The molecule has 1 aliphatic rings. The van der Waals surface area contributed by atoms with Crippen LogP contribution in [0, 0.1) is 0 Å². The molecule has 11 nitrogen and oxygen atoms in total. The molecule has 0 aromatic rings. The summed E-state index contributed by atoms with van der Waals surface area (Å²) < 4.78 is 17.5. The Hall–Kier alpha value is -3.16. The molecule has 68 heavy (non-hydrogen) atoms. The maximum absolute atomic E-state index is 13.3. The molecule has 1 fully saturated rings. The number of carbonyl (C=O) groups is 2. The van der Waals surface area contributed by atoms with Crippen molar-refractivity contribution < 1.29 is 49.3 Å². The van der Waals surface area contributed by atoms with Gasteiger partial charge in [-0.2, -0.15) is 0 Å². The molecule has 6 N–H and O–H groups in total. The van der Waals surface area contributed by atoms with Crippen LogP contribution in [0.2, 0.25) is 0 Å². The number of hydrogen-bond acceptors (Lipinski definition) is 10. The van der Waals surface area contributed by atoms with Crippen LogP contribution < -0.4 is 5.32 Å². The number of carbonyl (C=O) groups excluding carboxylic acids is 2. The third kappa shape index (κ3) is 33.4. The minimum Gasteiger partial charge on any atom is -0.454 e. The van der Waals surface area contributed by atoms with Crippen molar-refractivity contribution in [2.75, 3.05) is 13.2 Å². The summed E-state index contributed by atoms with van der Waals surface area (Å²) in [5.74, 6) is -1.30. The minimum atomic E-state index is -1.63. The molecule has 390 valence electrons. The quantitative estimate of drug-likeness (QED) is 0.0149. The van der Waals surface area contributed by atoms with E-state index < -0.39 is 67.4 Å². The van der Waals surface area contributed by atoms with Gasteiger partial charge in [0.1, 0.15) is 24.4 Å². The van der Waals surface area contributed by atoms with Crippen LogP contribution in [0.3, 0.4) is 0 Å². The van der Waals surface area contributed by atoms with Crippen LogP contribution >= 0.6 is 0 Å². The van der Waals surface area contributed by atoms with Crippen LogP contribution in [0.5, 0.6) is 0 Å². The van der Waals surface area contributed by atoms with E-state index in [0.717, 1.165) is 70.6 Å². The largest absolute Gasteiger partial charge is 0.454 e. The molecule has 0 aliphatic carbocycles. The van der Waals surface area contributed by atoms with Crippen LogP contribution in [-0.2, 0) is 23.8 Å². The zero-order chi connectivity index (χ0) is 49.7. The Morgan fingerprint density at radius 2 is 1.12 bits per heavy atom. The molecular weight excluding hydrogens is 859 g/mol. The number of amides is 1. The number of rotatable bonds is 43. The van der Waals surface area contributed by atoms with Gasteiger partial charge in [0, 0.05) is 12.8 Å². The van der Waals surface area contributed by atoms with Crippen molar-refractivity contribution in [3.63, 3.8) is 0 Å². The van der Waals surface area contributed by atoms with E-state index in [0.29, 0.717) is 12.8 Å². The topological polar surface area (TPSA) is 175 Å². The van der Waals surface area contributed by atoms with E-state index in [1.807, 2.05) is 48.6 Å². The van der Waals surface area contributed by atoms with E-state index in [-0.39, 0.29) is 19.4 Å². The van der Waals surface area contributed by atoms with Crippen LogP contribution in [0.15, 0.2) is 85.1 Å². The molecule has 0 bridgehead atoms. The highest BCUT2D eigenvalue weighted by Gasteiger charge is 2.47. The molecule has 1 saturated heterocycles.